The van der Waals surface area contributed by atoms with Gasteiger partial charge >= 0.3 is 0 Å². The number of hydrogen-bond acceptors (Lipinski definition) is 3. The van der Waals surface area contributed by atoms with Crippen LogP contribution in [0.25, 0.3) is 0 Å². The van der Waals surface area contributed by atoms with Crippen LogP contribution in [0, 0.1) is 0 Å². The molecule has 0 spiro atoms. The Morgan fingerprint density at radius 2 is 2.31 bits per heavy atom. The van der Waals surface area contributed by atoms with Crippen LogP contribution in [0.5, 0.6) is 5.88 Å². The zero-order valence-electron chi connectivity index (χ0n) is 7.86. The number of ether oxygens (including phenoxy) is 1. The standard InChI is InChI=1S/C9H15N3O/c1-12-7-11-6-9(12)13-8-2-4-10-5-3-8/h6-8,10H,2-5H2,1H3. The lowest BCUT2D eigenvalue weighted by molar-refractivity contribution is 0.151. The van der Waals surface area contributed by atoms with Gasteiger partial charge in [-0.1, -0.05) is 0 Å². The highest BCUT2D eigenvalue weighted by Gasteiger charge is 2.15. The van der Waals surface area contributed by atoms with Gasteiger partial charge in [0.25, 0.3) is 0 Å². The molecule has 0 saturated carbocycles. The number of hydrogen-bond donors (Lipinski definition) is 1. The van der Waals surface area contributed by atoms with E-state index in [1.807, 2.05) is 11.6 Å². The van der Waals surface area contributed by atoms with Crippen LogP contribution >= 0.6 is 0 Å². The molecular formula is C9H15N3O. The molecular weight excluding hydrogens is 166 g/mol. The fourth-order valence-electron chi connectivity index (χ4n) is 1.54. The first-order valence-electron chi connectivity index (χ1n) is 4.70. The molecule has 0 radical (unpaired) electrons. The highest BCUT2D eigenvalue weighted by atomic mass is 16.5. The number of nitrogens with zero attached hydrogens (tertiary/aromatic N) is 2. The van der Waals surface area contributed by atoms with Gasteiger partial charge in [-0.15, -0.1) is 0 Å². The van der Waals surface area contributed by atoms with Crippen LogP contribution in [0.2, 0.25) is 0 Å². The van der Waals surface area contributed by atoms with Gasteiger partial charge in [-0.25, -0.2) is 4.98 Å². The van der Waals surface area contributed by atoms with Crippen LogP contribution in [0.4, 0.5) is 0 Å². The van der Waals surface area contributed by atoms with E-state index in [0.717, 1.165) is 31.8 Å². The highest BCUT2D eigenvalue weighted by molar-refractivity contribution is 5.05. The number of aryl methyl sites for hydroxylation is 1. The van der Waals surface area contributed by atoms with Crippen LogP contribution in [-0.4, -0.2) is 28.7 Å². The lowest BCUT2D eigenvalue weighted by atomic mass is 10.1. The second kappa shape index (κ2) is 3.79. The van der Waals surface area contributed by atoms with Crippen molar-refractivity contribution in [2.75, 3.05) is 13.1 Å². The topological polar surface area (TPSA) is 39.1 Å². The molecule has 0 atom stereocenters. The molecule has 0 amide bonds. The van der Waals surface area contributed by atoms with Crippen molar-refractivity contribution < 1.29 is 4.74 Å². The van der Waals surface area contributed by atoms with Gasteiger partial charge in [0.05, 0.1) is 12.5 Å². The summed E-state index contributed by atoms with van der Waals surface area (Å²) in [6.45, 7) is 2.12. The largest absolute Gasteiger partial charge is 0.474 e. The van der Waals surface area contributed by atoms with E-state index >= 15 is 0 Å². The van der Waals surface area contributed by atoms with Gasteiger partial charge in [-0.3, -0.25) is 0 Å². The Labute approximate surface area is 77.9 Å². The van der Waals surface area contributed by atoms with Crippen molar-refractivity contribution in [2.45, 2.75) is 18.9 Å². The first-order valence-corrected chi connectivity index (χ1v) is 4.70. The molecule has 0 bridgehead atoms. The predicted molar refractivity (Wildman–Crippen MR) is 49.7 cm³/mol. The number of piperidine rings is 1. The number of rotatable bonds is 2. The zero-order chi connectivity index (χ0) is 9.10. The lowest BCUT2D eigenvalue weighted by Crippen LogP contribution is -2.34. The quantitative estimate of drug-likeness (QED) is 0.724. The Balaban J connectivity index is 1.93. The summed E-state index contributed by atoms with van der Waals surface area (Å²) >= 11 is 0. The van der Waals surface area contributed by atoms with Crippen molar-refractivity contribution in [3.8, 4) is 5.88 Å². The summed E-state index contributed by atoms with van der Waals surface area (Å²) in [6.07, 6.45) is 6.06. The number of nitrogens with one attached hydrogen (secondary N) is 1. The summed E-state index contributed by atoms with van der Waals surface area (Å²) in [4.78, 5) is 4.01. The zero-order valence-corrected chi connectivity index (χ0v) is 7.86. The maximum atomic E-state index is 5.79. The van der Waals surface area contributed by atoms with Crippen molar-refractivity contribution >= 4 is 0 Å². The Hall–Kier alpha value is -1.03. The van der Waals surface area contributed by atoms with Crippen LogP contribution in [-0.2, 0) is 7.05 Å². The van der Waals surface area contributed by atoms with E-state index in [1.54, 1.807) is 12.5 Å². The molecule has 1 saturated heterocycles. The third-order valence-electron chi connectivity index (χ3n) is 2.35. The van der Waals surface area contributed by atoms with E-state index in [2.05, 4.69) is 10.3 Å². The maximum Gasteiger partial charge on any atom is 0.213 e. The molecule has 1 aromatic heterocycles. The van der Waals surface area contributed by atoms with Crippen molar-refractivity contribution in [3.63, 3.8) is 0 Å². The summed E-state index contributed by atoms with van der Waals surface area (Å²) in [5.74, 6) is 0.868. The van der Waals surface area contributed by atoms with Gasteiger partial charge < -0.3 is 14.6 Å². The van der Waals surface area contributed by atoms with Crippen molar-refractivity contribution in [1.29, 1.82) is 0 Å². The van der Waals surface area contributed by atoms with E-state index in [4.69, 9.17) is 4.74 Å². The summed E-state index contributed by atoms with van der Waals surface area (Å²) in [5.41, 5.74) is 0. The average Bonchev–Trinajstić information content (AvgIpc) is 2.54. The van der Waals surface area contributed by atoms with Crippen LogP contribution < -0.4 is 10.1 Å². The number of aromatic nitrogens is 2. The molecule has 0 unspecified atom stereocenters. The lowest BCUT2D eigenvalue weighted by Gasteiger charge is -2.23. The molecule has 1 fully saturated rings. The number of imidazole rings is 1. The average molecular weight is 181 g/mol. The van der Waals surface area contributed by atoms with Crippen LogP contribution in [0.3, 0.4) is 0 Å². The van der Waals surface area contributed by atoms with E-state index in [-0.39, 0.29) is 0 Å². The van der Waals surface area contributed by atoms with Gasteiger partial charge in [0.2, 0.25) is 5.88 Å². The monoisotopic (exact) mass is 181 g/mol. The Morgan fingerprint density at radius 1 is 1.54 bits per heavy atom. The molecule has 2 rings (SSSR count). The minimum absolute atomic E-state index is 0.358. The second-order valence-electron chi connectivity index (χ2n) is 3.41. The van der Waals surface area contributed by atoms with E-state index in [1.165, 1.54) is 0 Å². The maximum absolute atomic E-state index is 5.79. The van der Waals surface area contributed by atoms with Crippen molar-refractivity contribution in [3.05, 3.63) is 12.5 Å². The van der Waals surface area contributed by atoms with Crippen molar-refractivity contribution in [1.82, 2.24) is 14.9 Å². The van der Waals surface area contributed by atoms with Gasteiger partial charge in [-0.2, -0.15) is 0 Å². The molecule has 4 heteroatoms. The fourth-order valence-corrected chi connectivity index (χ4v) is 1.54. The molecule has 1 aliphatic rings. The molecule has 0 aromatic carbocycles. The third-order valence-corrected chi connectivity index (χ3v) is 2.35. The molecule has 1 aliphatic heterocycles. The SMILES string of the molecule is Cn1cncc1OC1CCNCC1. The minimum Gasteiger partial charge on any atom is -0.474 e. The van der Waals surface area contributed by atoms with Gasteiger partial charge in [0.15, 0.2) is 0 Å². The van der Waals surface area contributed by atoms with Gasteiger partial charge in [-0.05, 0) is 25.9 Å². The minimum atomic E-state index is 0.358. The summed E-state index contributed by atoms with van der Waals surface area (Å²) in [5, 5.41) is 3.31. The van der Waals surface area contributed by atoms with Gasteiger partial charge in [0, 0.05) is 7.05 Å². The van der Waals surface area contributed by atoms with E-state index in [0.29, 0.717) is 6.10 Å². The molecule has 2 heterocycles. The van der Waals surface area contributed by atoms with Crippen molar-refractivity contribution in [2.24, 2.45) is 7.05 Å². The molecule has 0 aliphatic carbocycles. The molecule has 4 nitrogen and oxygen atoms in total. The van der Waals surface area contributed by atoms with Crippen LogP contribution in [0.15, 0.2) is 12.5 Å². The highest BCUT2D eigenvalue weighted by Crippen LogP contribution is 2.14. The summed E-state index contributed by atoms with van der Waals surface area (Å²) < 4.78 is 7.69. The summed E-state index contributed by atoms with van der Waals surface area (Å²) in [6, 6.07) is 0. The molecule has 1 N–H and O–H groups in total. The Kier molecular flexibility index (Phi) is 2.49. The van der Waals surface area contributed by atoms with E-state index < -0.39 is 0 Å². The van der Waals surface area contributed by atoms with Crippen LogP contribution in [0.1, 0.15) is 12.8 Å². The third kappa shape index (κ3) is 2.01. The fraction of sp³-hybridized carbons (Fsp3) is 0.667. The Bertz CT molecular complexity index is 266. The molecule has 72 valence electrons. The summed E-state index contributed by atoms with van der Waals surface area (Å²) in [7, 11) is 1.95. The normalized spacial score (nSPS) is 18.8. The predicted octanol–water partition coefficient (Wildman–Crippen LogP) is 0.551. The molecule has 1 aromatic rings. The first kappa shape index (κ1) is 8.56. The second-order valence-corrected chi connectivity index (χ2v) is 3.41. The van der Waals surface area contributed by atoms with E-state index in [9.17, 15) is 0 Å². The first-order chi connectivity index (χ1) is 6.36. The Morgan fingerprint density at radius 3 is 2.92 bits per heavy atom. The smallest absolute Gasteiger partial charge is 0.213 e. The van der Waals surface area contributed by atoms with Gasteiger partial charge in [0.1, 0.15) is 6.10 Å². The molecule has 13 heavy (non-hydrogen) atoms.